The minimum absolute atomic E-state index is 0.0649. The molecule has 0 aliphatic carbocycles. The molecule has 1 N–H and O–H groups in total. The first-order valence-corrected chi connectivity index (χ1v) is 6.53. The van der Waals surface area contributed by atoms with Crippen LogP contribution in [0.25, 0.3) is 0 Å². The van der Waals surface area contributed by atoms with Crippen molar-refractivity contribution in [1.29, 1.82) is 0 Å². The summed E-state index contributed by atoms with van der Waals surface area (Å²) in [7, 11) is 0. The fourth-order valence-electron chi connectivity index (χ4n) is 2.08. The van der Waals surface area contributed by atoms with E-state index in [1.54, 1.807) is 4.90 Å². The van der Waals surface area contributed by atoms with Gasteiger partial charge < -0.3 is 10.2 Å². The van der Waals surface area contributed by atoms with Crippen LogP contribution in [0.15, 0.2) is 30.3 Å². The van der Waals surface area contributed by atoms with Crippen LogP contribution in [-0.4, -0.2) is 12.6 Å². The fourth-order valence-corrected chi connectivity index (χ4v) is 2.92. The minimum Gasteiger partial charge on any atom is -0.346 e. The first-order valence-electron chi connectivity index (χ1n) is 5.71. The molecule has 1 aromatic carbocycles. The summed E-state index contributed by atoms with van der Waals surface area (Å²) in [6.45, 7) is 0.592. The molecule has 0 radical (unpaired) electrons. The van der Waals surface area contributed by atoms with E-state index in [4.69, 9.17) is 0 Å². The first-order chi connectivity index (χ1) is 9.16. The molecule has 1 aliphatic rings. The molecule has 1 amide bonds. The largest absolute Gasteiger partial charge is 0.346 e. The number of halogens is 2. The zero-order chi connectivity index (χ0) is 13.4. The van der Waals surface area contributed by atoms with Gasteiger partial charge in [0, 0.05) is 6.54 Å². The van der Waals surface area contributed by atoms with E-state index in [0.717, 1.165) is 5.56 Å². The first kappa shape index (κ1) is 12.1. The Morgan fingerprint density at radius 3 is 2.74 bits per heavy atom. The number of nitrogens with zero attached hydrogens (tertiary/aromatic N) is 1. The lowest BCUT2D eigenvalue weighted by Crippen LogP contribution is -2.42. The molecule has 19 heavy (non-hydrogen) atoms. The molecule has 2 heterocycles. The van der Waals surface area contributed by atoms with Crippen LogP contribution in [-0.2, 0) is 6.54 Å². The second-order valence-electron chi connectivity index (χ2n) is 4.22. The summed E-state index contributed by atoms with van der Waals surface area (Å²) in [5.41, 5.74) is 1.03. The molecule has 3 rings (SSSR count). The highest BCUT2D eigenvalue weighted by Crippen LogP contribution is 2.36. The Bertz CT molecular complexity index is 627. The Labute approximate surface area is 112 Å². The zero-order valence-corrected chi connectivity index (χ0v) is 10.6. The summed E-state index contributed by atoms with van der Waals surface area (Å²) in [6.07, 6.45) is 0. The molecular formula is C13H10F2N2OS. The third-order valence-electron chi connectivity index (χ3n) is 2.96. The quantitative estimate of drug-likeness (QED) is 0.917. The summed E-state index contributed by atoms with van der Waals surface area (Å²) in [5.74, 6) is -1.36. The summed E-state index contributed by atoms with van der Waals surface area (Å²) in [5, 5.41) is 1.67. The van der Waals surface area contributed by atoms with Crippen molar-refractivity contribution in [3.63, 3.8) is 0 Å². The second kappa shape index (κ2) is 4.62. The van der Waals surface area contributed by atoms with Crippen LogP contribution in [0.4, 0.5) is 14.5 Å². The second-order valence-corrected chi connectivity index (χ2v) is 5.19. The minimum atomic E-state index is -0.944. The maximum Gasteiger partial charge on any atom is 0.265 e. The Kier molecular flexibility index (Phi) is 2.94. The number of carbonyl (C=O) groups excluding carboxylic acids is 1. The average molecular weight is 280 g/mol. The maximum atomic E-state index is 13.8. The highest BCUT2D eigenvalue weighted by atomic mass is 32.1. The van der Waals surface area contributed by atoms with Gasteiger partial charge in [0.15, 0.2) is 5.82 Å². The van der Waals surface area contributed by atoms with E-state index in [-0.39, 0.29) is 17.2 Å². The van der Waals surface area contributed by atoms with E-state index in [1.165, 1.54) is 0 Å². The molecular weight excluding hydrogens is 270 g/mol. The van der Waals surface area contributed by atoms with Gasteiger partial charge in [-0.1, -0.05) is 41.7 Å². The fraction of sp³-hybridized carbons (Fsp3) is 0.154. The molecule has 0 bridgehead atoms. The van der Waals surface area contributed by atoms with E-state index >= 15 is 0 Å². The molecule has 98 valence electrons. The number of benzene rings is 1. The van der Waals surface area contributed by atoms with Gasteiger partial charge in [0.2, 0.25) is 5.13 Å². The highest BCUT2D eigenvalue weighted by molar-refractivity contribution is 7.13. The van der Waals surface area contributed by atoms with Gasteiger partial charge >= 0.3 is 0 Å². The number of thiophene rings is 1. The molecule has 0 fully saturated rings. The molecule has 1 aromatic heterocycles. The molecule has 2 aromatic rings. The lowest BCUT2D eigenvalue weighted by molar-refractivity contribution is 0.0951. The molecule has 1 aliphatic heterocycles. The van der Waals surface area contributed by atoms with Gasteiger partial charge in [-0.25, -0.2) is 4.39 Å². The van der Waals surface area contributed by atoms with E-state index in [0.29, 0.717) is 17.9 Å². The SMILES string of the molecule is O=C1NCN(Cc2ccccc2)c2c1sc(F)c2F. The average Bonchev–Trinajstić information content (AvgIpc) is 2.72. The maximum absolute atomic E-state index is 13.8. The predicted molar refractivity (Wildman–Crippen MR) is 69.2 cm³/mol. The molecule has 0 saturated carbocycles. The number of anilines is 1. The third kappa shape index (κ3) is 2.08. The molecule has 0 atom stereocenters. The van der Waals surface area contributed by atoms with Crippen LogP contribution >= 0.6 is 11.3 Å². The van der Waals surface area contributed by atoms with Gasteiger partial charge in [-0.15, -0.1) is 0 Å². The van der Waals surface area contributed by atoms with Crippen molar-refractivity contribution in [2.45, 2.75) is 6.54 Å². The third-order valence-corrected chi connectivity index (χ3v) is 3.90. The topological polar surface area (TPSA) is 32.3 Å². The Balaban J connectivity index is 1.97. The van der Waals surface area contributed by atoms with Gasteiger partial charge in [0.25, 0.3) is 5.91 Å². The lowest BCUT2D eigenvalue weighted by Gasteiger charge is -2.29. The van der Waals surface area contributed by atoms with Gasteiger partial charge in [0.1, 0.15) is 10.6 Å². The van der Waals surface area contributed by atoms with E-state index in [2.05, 4.69) is 5.32 Å². The highest BCUT2D eigenvalue weighted by Gasteiger charge is 2.31. The van der Waals surface area contributed by atoms with Crippen molar-refractivity contribution in [2.24, 2.45) is 0 Å². The molecule has 3 nitrogen and oxygen atoms in total. The number of hydrogen-bond acceptors (Lipinski definition) is 3. The van der Waals surface area contributed by atoms with Crippen molar-refractivity contribution in [3.8, 4) is 0 Å². The van der Waals surface area contributed by atoms with E-state index in [9.17, 15) is 13.6 Å². The van der Waals surface area contributed by atoms with Crippen LogP contribution in [0.1, 0.15) is 15.2 Å². The van der Waals surface area contributed by atoms with Crippen LogP contribution < -0.4 is 10.2 Å². The zero-order valence-electron chi connectivity index (χ0n) is 9.82. The van der Waals surface area contributed by atoms with Crippen LogP contribution in [0.3, 0.4) is 0 Å². The van der Waals surface area contributed by atoms with Crippen molar-refractivity contribution in [2.75, 3.05) is 11.6 Å². The Morgan fingerprint density at radius 1 is 1.26 bits per heavy atom. The lowest BCUT2D eigenvalue weighted by atomic mass is 10.2. The molecule has 0 saturated heterocycles. The van der Waals surface area contributed by atoms with Gasteiger partial charge in [-0.05, 0) is 5.56 Å². The summed E-state index contributed by atoms with van der Waals surface area (Å²) in [4.78, 5) is 13.3. The number of hydrogen-bond donors (Lipinski definition) is 1. The summed E-state index contributed by atoms with van der Waals surface area (Å²) in [6, 6.07) is 9.44. The monoisotopic (exact) mass is 280 g/mol. The van der Waals surface area contributed by atoms with Crippen molar-refractivity contribution in [3.05, 3.63) is 51.7 Å². The van der Waals surface area contributed by atoms with Crippen molar-refractivity contribution in [1.82, 2.24) is 5.32 Å². The normalized spacial score (nSPS) is 14.2. The van der Waals surface area contributed by atoms with Crippen molar-refractivity contribution >= 4 is 22.9 Å². The van der Waals surface area contributed by atoms with Gasteiger partial charge in [-0.3, -0.25) is 4.79 Å². The summed E-state index contributed by atoms with van der Waals surface area (Å²) >= 11 is 0.544. The Hall–Kier alpha value is -1.95. The van der Waals surface area contributed by atoms with Gasteiger partial charge in [0.05, 0.1) is 6.67 Å². The number of nitrogens with one attached hydrogen (secondary N) is 1. The van der Waals surface area contributed by atoms with Crippen LogP contribution in [0.2, 0.25) is 0 Å². The molecule has 0 spiro atoms. The van der Waals surface area contributed by atoms with Crippen LogP contribution in [0.5, 0.6) is 0 Å². The standard InChI is InChI=1S/C13H10F2N2OS/c14-9-10-11(19-12(9)15)13(18)16-7-17(10)6-8-4-2-1-3-5-8/h1-5H,6-7H2,(H,16,18). The number of rotatable bonds is 2. The molecule has 6 heteroatoms. The smallest absolute Gasteiger partial charge is 0.265 e. The van der Waals surface area contributed by atoms with Crippen LogP contribution in [0, 0.1) is 10.9 Å². The van der Waals surface area contributed by atoms with Crippen molar-refractivity contribution < 1.29 is 13.6 Å². The Morgan fingerprint density at radius 2 is 2.00 bits per heavy atom. The number of carbonyl (C=O) groups is 1. The van der Waals surface area contributed by atoms with Gasteiger partial charge in [-0.2, -0.15) is 4.39 Å². The number of fused-ring (bicyclic) bond motifs is 1. The molecule has 0 unspecified atom stereocenters. The number of amides is 1. The summed E-state index contributed by atoms with van der Waals surface area (Å²) < 4.78 is 27.1. The van der Waals surface area contributed by atoms with E-state index in [1.807, 2.05) is 30.3 Å². The van der Waals surface area contributed by atoms with E-state index < -0.39 is 16.9 Å². The predicted octanol–water partition coefficient (Wildman–Crippen LogP) is 2.73.